The third-order valence-electron chi connectivity index (χ3n) is 2.66. The summed E-state index contributed by atoms with van der Waals surface area (Å²) < 4.78 is 0. The average Bonchev–Trinajstić information content (AvgIpc) is 2.32. The van der Waals surface area contributed by atoms with E-state index in [1.54, 1.807) is 6.92 Å². The van der Waals surface area contributed by atoms with E-state index < -0.39 is 0 Å². The zero-order valence-corrected chi connectivity index (χ0v) is 12.3. The Kier molecular flexibility index (Phi) is 5.34. The molecule has 1 unspecified atom stereocenters. The summed E-state index contributed by atoms with van der Waals surface area (Å²) in [6.45, 7) is 5.61. The highest BCUT2D eigenvalue weighted by Crippen LogP contribution is 2.17. The summed E-state index contributed by atoms with van der Waals surface area (Å²) in [6.07, 6.45) is 0. The van der Waals surface area contributed by atoms with Gasteiger partial charge >= 0.3 is 0 Å². The molecule has 0 aromatic heterocycles. The van der Waals surface area contributed by atoms with Crippen LogP contribution in [-0.2, 0) is 9.59 Å². The number of nitrogens with one attached hydrogen (secondary N) is 2. The molecule has 0 aliphatic carbocycles. The van der Waals surface area contributed by atoms with Crippen molar-refractivity contribution in [2.24, 2.45) is 0 Å². The standard InChI is InChI=1S/C13H17BrN2O2/c1-8-5-4-6-11(9(8)2)16-12(17)7-15-13(18)10(3)14/h4-6,10H,7H2,1-3H3,(H,15,18)(H,16,17). The van der Waals surface area contributed by atoms with Crippen LogP contribution in [0.3, 0.4) is 0 Å². The van der Waals surface area contributed by atoms with Gasteiger partial charge in [-0.2, -0.15) is 0 Å². The molecule has 18 heavy (non-hydrogen) atoms. The first kappa shape index (κ1) is 14.7. The van der Waals surface area contributed by atoms with Crippen molar-refractivity contribution in [2.75, 3.05) is 11.9 Å². The molecule has 0 bridgehead atoms. The number of alkyl halides is 1. The van der Waals surface area contributed by atoms with Crippen molar-refractivity contribution in [2.45, 2.75) is 25.6 Å². The van der Waals surface area contributed by atoms with Crippen LogP contribution >= 0.6 is 15.9 Å². The number of anilines is 1. The molecule has 2 N–H and O–H groups in total. The number of aryl methyl sites for hydroxylation is 1. The molecule has 0 radical (unpaired) electrons. The van der Waals surface area contributed by atoms with Gasteiger partial charge in [-0.1, -0.05) is 28.1 Å². The highest BCUT2D eigenvalue weighted by Gasteiger charge is 2.11. The van der Waals surface area contributed by atoms with Gasteiger partial charge in [-0.3, -0.25) is 9.59 Å². The lowest BCUT2D eigenvalue weighted by Gasteiger charge is -2.11. The zero-order chi connectivity index (χ0) is 13.7. The Morgan fingerprint density at radius 2 is 2.00 bits per heavy atom. The molecule has 5 heteroatoms. The van der Waals surface area contributed by atoms with E-state index in [4.69, 9.17) is 0 Å². The Labute approximate surface area is 115 Å². The van der Waals surface area contributed by atoms with Crippen molar-refractivity contribution in [3.63, 3.8) is 0 Å². The normalized spacial score (nSPS) is 11.8. The highest BCUT2D eigenvalue weighted by molar-refractivity contribution is 9.10. The lowest BCUT2D eigenvalue weighted by molar-refractivity contribution is -0.123. The second-order valence-electron chi connectivity index (χ2n) is 4.13. The van der Waals surface area contributed by atoms with Crippen LogP contribution in [-0.4, -0.2) is 23.2 Å². The van der Waals surface area contributed by atoms with E-state index in [0.717, 1.165) is 16.8 Å². The lowest BCUT2D eigenvalue weighted by Crippen LogP contribution is -2.36. The molecule has 0 saturated carbocycles. The molecule has 2 amide bonds. The van der Waals surface area contributed by atoms with Crippen molar-refractivity contribution in [3.05, 3.63) is 29.3 Å². The molecule has 98 valence electrons. The molecule has 1 rings (SSSR count). The summed E-state index contributed by atoms with van der Waals surface area (Å²) >= 11 is 3.13. The first-order valence-electron chi connectivity index (χ1n) is 5.69. The smallest absolute Gasteiger partial charge is 0.243 e. The van der Waals surface area contributed by atoms with Gasteiger partial charge in [0.1, 0.15) is 0 Å². The van der Waals surface area contributed by atoms with Crippen molar-refractivity contribution < 1.29 is 9.59 Å². The van der Waals surface area contributed by atoms with Crippen LogP contribution in [0.2, 0.25) is 0 Å². The molecule has 0 saturated heterocycles. The molecule has 0 heterocycles. The van der Waals surface area contributed by atoms with Crippen LogP contribution in [0.4, 0.5) is 5.69 Å². The van der Waals surface area contributed by atoms with Gasteiger partial charge in [0, 0.05) is 5.69 Å². The van der Waals surface area contributed by atoms with Gasteiger partial charge < -0.3 is 10.6 Å². The summed E-state index contributed by atoms with van der Waals surface area (Å²) in [5.74, 6) is -0.434. The fourth-order valence-electron chi connectivity index (χ4n) is 1.39. The lowest BCUT2D eigenvalue weighted by atomic mass is 10.1. The van der Waals surface area contributed by atoms with Crippen molar-refractivity contribution in [1.82, 2.24) is 5.32 Å². The Balaban J connectivity index is 2.55. The number of halogens is 1. The van der Waals surface area contributed by atoms with Crippen molar-refractivity contribution in [1.29, 1.82) is 0 Å². The van der Waals surface area contributed by atoms with Gasteiger partial charge in [0.2, 0.25) is 11.8 Å². The summed E-state index contributed by atoms with van der Waals surface area (Å²) in [4.78, 5) is 22.6. The van der Waals surface area contributed by atoms with Crippen LogP contribution in [0.15, 0.2) is 18.2 Å². The molecule has 4 nitrogen and oxygen atoms in total. The van der Waals surface area contributed by atoms with Gasteiger partial charge in [0.25, 0.3) is 0 Å². The summed E-state index contributed by atoms with van der Waals surface area (Å²) in [5.41, 5.74) is 2.93. The van der Waals surface area contributed by atoms with Crippen LogP contribution in [0.5, 0.6) is 0 Å². The molecular weight excluding hydrogens is 296 g/mol. The zero-order valence-electron chi connectivity index (χ0n) is 10.7. The number of rotatable bonds is 4. The first-order chi connectivity index (χ1) is 8.41. The summed E-state index contributed by atoms with van der Waals surface area (Å²) in [6, 6.07) is 5.71. The van der Waals surface area contributed by atoms with Crippen LogP contribution in [0.1, 0.15) is 18.1 Å². The molecule has 1 atom stereocenters. The number of hydrogen-bond acceptors (Lipinski definition) is 2. The Hall–Kier alpha value is -1.36. The number of carbonyl (C=O) groups excluding carboxylic acids is 2. The Morgan fingerprint density at radius 3 is 2.61 bits per heavy atom. The number of carbonyl (C=O) groups is 2. The molecule has 1 aromatic carbocycles. The SMILES string of the molecule is Cc1cccc(NC(=O)CNC(=O)C(C)Br)c1C. The number of hydrogen-bond donors (Lipinski definition) is 2. The third-order valence-corrected chi connectivity index (χ3v) is 3.08. The molecule has 0 spiro atoms. The predicted octanol–water partition coefficient (Wildman–Crippen LogP) is 2.14. The molecule has 1 aromatic rings. The van der Waals surface area contributed by atoms with E-state index in [1.165, 1.54) is 0 Å². The summed E-state index contributed by atoms with van der Waals surface area (Å²) in [5, 5.41) is 5.31. The second kappa shape index (κ2) is 6.54. The monoisotopic (exact) mass is 312 g/mol. The van der Waals surface area contributed by atoms with E-state index in [2.05, 4.69) is 26.6 Å². The Morgan fingerprint density at radius 1 is 1.33 bits per heavy atom. The number of benzene rings is 1. The maximum absolute atomic E-state index is 11.7. The van der Waals surface area contributed by atoms with Gasteiger partial charge in [0.05, 0.1) is 11.4 Å². The number of amides is 2. The second-order valence-corrected chi connectivity index (χ2v) is 5.50. The fourth-order valence-corrected chi connectivity index (χ4v) is 1.55. The molecule has 0 aliphatic heterocycles. The van der Waals surface area contributed by atoms with E-state index in [1.807, 2.05) is 32.0 Å². The minimum absolute atomic E-state index is 0.0256. The van der Waals surface area contributed by atoms with Crippen LogP contribution in [0.25, 0.3) is 0 Å². The molecule has 0 aliphatic rings. The van der Waals surface area contributed by atoms with Crippen molar-refractivity contribution in [3.8, 4) is 0 Å². The quantitative estimate of drug-likeness (QED) is 0.837. The van der Waals surface area contributed by atoms with Gasteiger partial charge in [-0.25, -0.2) is 0 Å². The summed E-state index contributed by atoms with van der Waals surface area (Å²) in [7, 11) is 0. The van der Waals surface area contributed by atoms with E-state index >= 15 is 0 Å². The largest absolute Gasteiger partial charge is 0.346 e. The third kappa shape index (κ3) is 4.14. The van der Waals surface area contributed by atoms with E-state index in [9.17, 15) is 9.59 Å². The maximum atomic E-state index is 11.7. The molecule has 0 fully saturated rings. The van der Waals surface area contributed by atoms with Gasteiger partial charge in [-0.05, 0) is 38.0 Å². The minimum Gasteiger partial charge on any atom is -0.346 e. The van der Waals surface area contributed by atoms with E-state index in [-0.39, 0.29) is 23.2 Å². The molecular formula is C13H17BrN2O2. The van der Waals surface area contributed by atoms with E-state index in [0.29, 0.717) is 0 Å². The predicted molar refractivity (Wildman–Crippen MR) is 75.9 cm³/mol. The van der Waals surface area contributed by atoms with Crippen LogP contribution < -0.4 is 10.6 Å². The fraction of sp³-hybridized carbons (Fsp3) is 0.385. The minimum atomic E-state index is -0.300. The first-order valence-corrected chi connectivity index (χ1v) is 6.61. The average molecular weight is 313 g/mol. The van der Waals surface area contributed by atoms with Gasteiger partial charge in [0.15, 0.2) is 0 Å². The maximum Gasteiger partial charge on any atom is 0.243 e. The van der Waals surface area contributed by atoms with Gasteiger partial charge in [-0.15, -0.1) is 0 Å². The highest BCUT2D eigenvalue weighted by atomic mass is 79.9. The van der Waals surface area contributed by atoms with Crippen molar-refractivity contribution >= 4 is 33.4 Å². The topological polar surface area (TPSA) is 58.2 Å². The van der Waals surface area contributed by atoms with Crippen LogP contribution in [0, 0.1) is 13.8 Å². The Bertz CT molecular complexity index is 458.